The Balaban J connectivity index is 2.09. The molecule has 112 valence electrons. The van der Waals surface area contributed by atoms with E-state index in [9.17, 15) is 13.2 Å². The molecule has 0 spiro atoms. The lowest BCUT2D eigenvalue weighted by atomic mass is 10.00. The van der Waals surface area contributed by atoms with E-state index in [0.717, 1.165) is 23.3 Å². The van der Waals surface area contributed by atoms with Crippen LogP contribution in [0, 0.1) is 31.3 Å². The highest BCUT2D eigenvalue weighted by Gasteiger charge is 2.12. The van der Waals surface area contributed by atoms with E-state index < -0.39 is 17.5 Å². The standard InChI is InChI=1S/C17H18F3N/c1-10-4-5-14(11(2)6-10)12(3)21-9-13-7-15(18)17(20)16(19)8-13/h4-8,12,21H,9H2,1-3H3. The first-order valence-electron chi connectivity index (χ1n) is 6.82. The van der Waals surface area contributed by atoms with Gasteiger partial charge in [0.15, 0.2) is 17.5 Å². The minimum Gasteiger partial charge on any atom is -0.306 e. The summed E-state index contributed by atoms with van der Waals surface area (Å²) in [4.78, 5) is 0. The lowest BCUT2D eigenvalue weighted by Gasteiger charge is -2.17. The Labute approximate surface area is 122 Å². The zero-order chi connectivity index (χ0) is 15.6. The highest BCUT2D eigenvalue weighted by Crippen LogP contribution is 2.20. The maximum Gasteiger partial charge on any atom is 0.194 e. The number of halogens is 3. The largest absolute Gasteiger partial charge is 0.306 e. The molecular formula is C17H18F3N. The van der Waals surface area contributed by atoms with Gasteiger partial charge < -0.3 is 5.32 Å². The smallest absolute Gasteiger partial charge is 0.194 e. The van der Waals surface area contributed by atoms with Gasteiger partial charge >= 0.3 is 0 Å². The van der Waals surface area contributed by atoms with Crippen molar-refractivity contribution in [3.05, 3.63) is 70.0 Å². The van der Waals surface area contributed by atoms with Crippen LogP contribution in [0.2, 0.25) is 0 Å². The van der Waals surface area contributed by atoms with E-state index >= 15 is 0 Å². The van der Waals surface area contributed by atoms with Crippen LogP contribution in [0.25, 0.3) is 0 Å². The Bertz CT molecular complexity index is 629. The minimum absolute atomic E-state index is 0.0294. The van der Waals surface area contributed by atoms with Gasteiger partial charge in [-0.25, -0.2) is 13.2 Å². The van der Waals surface area contributed by atoms with Crippen molar-refractivity contribution in [1.29, 1.82) is 0 Å². The molecule has 1 atom stereocenters. The van der Waals surface area contributed by atoms with Crippen molar-refractivity contribution in [3.8, 4) is 0 Å². The van der Waals surface area contributed by atoms with Crippen molar-refractivity contribution < 1.29 is 13.2 Å². The second-order valence-corrected chi connectivity index (χ2v) is 5.34. The van der Waals surface area contributed by atoms with Gasteiger partial charge in [0.05, 0.1) is 0 Å². The summed E-state index contributed by atoms with van der Waals surface area (Å²) in [5, 5.41) is 3.19. The Kier molecular flexibility index (Phi) is 4.68. The van der Waals surface area contributed by atoms with Gasteiger partial charge in [0.25, 0.3) is 0 Å². The van der Waals surface area contributed by atoms with Gasteiger partial charge in [0.2, 0.25) is 0 Å². The predicted octanol–water partition coefficient (Wildman–Crippen LogP) is 4.57. The van der Waals surface area contributed by atoms with Crippen molar-refractivity contribution in [2.24, 2.45) is 0 Å². The van der Waals surface area contributed by atoms with Crippen LogP contribution < -0.4 is 5.32 Å². The molecule has 4 heteroatoms. The first-order chi connectivity index (χ1) is 9.88. The minimum atomic E-state index is -1.43. The zero-order valence-corrected chi connectivity index (χ0v) is 12.3. The normalized spacial score (nSPS) is 12.5. The summed E-state index contributed by atoms with van der Waals surface area (Å²) in [6.45, 7) is 6.30. The van der Waals surface area contributed by atoms with Crippen LogP contribution >= 0.6 is 0 Å². The average molecular weight is 293 g/mol. The molecule has 2 aromatic rings. The number of rotatable bonds is 4. The lowest BCUT2D eigenvalue weighted by molar-refractivity contribution is 0.443. The molecule has 2 aromatic carbocycles. The first-order valence-corrected chi connectivity index (χ1v) is 6.82. The quantitative estimate of drug-likeness (QED) is 0.814. The number of aryl methyl sites for hydroxylation is 2. The van der Waals surface area contributed by atoms with Crippen molar-refractivity contribution in [2.45, 2.75) is 33.4 Å². The summed E-state index contributed by atoms with van der Waals surface area (Å²) < 4.78 is 39.2. The molecule has 0 aliphatic heterocycles. The molecule has 0 aliphatic rings. The van der Waals surface area contributed by atoms with Crippen LogP contribution in [-0.4, -0.2) is 0 Å². The van der Waals surface area contributed by atoms with E-state index in [-0.39, 0.29) is 12.6 Å². The van der Waals surface area contributed by atoms with Crippen molar-refractivity contribution in [1.82, 2.24) is 5.32 Å². The summed E-state index contributed by atoms with van der Waals surface area (Å²) >= 11 is 0. The molecule has 21 heavy (non-hydrogen) atoms. The Morgan fingerprint density at radius 3 is 2.19 bits per heavy atom. The monoisotopic (exact) mass is 293 g/mol. The first kappa shape index (κ1) is 15.6. The fourth-order valence-electron chi connectivity index (χ4n) is 2.40. The van der Waals surface area contributed by atoms with E-state index in [0.29, 0.717) is 5.56 Å². The predicted molar refractivity (Wildman–Crippen MR) is 77.5 cm³/mol. The molecule has 0 saturated heterocycles. The molecule has 0 aliphatic carbocycles. The molecule has 0 amide bonds. The van der Waals surface area contributed by atoms with Crippen LogP contribution in [0.4, 0.5) is 13.2 Å². The molecule has 2 rings (SSSR count). The van der Waals surface area contributed by atoms with E-state index in [4.69, 9.17) is 0 Å². The van der Waals surface area contributed by atoms with Gasteiger partial charge in [-0.3, -0.25) is 0 Å². The summed E-state index contributed by atoms with van der Waals surface area (Å²) in [5.74, 6) is -3.75. The van der Waals surface area contributed by atoms with Crippen LogP contribution in [0.3, 0.4) is 0 Å². The highest BCUT2D eigenvalue weighted by atomic mass is 19.2. The SMILES string of the molecule is Cc1ccc(C(C)NCc2cc(F)c(F)c(F)c2)c(C)c1. The molecule has 0 saturated carbocycles. The molecular weight excluding hydrogens is 275 g/mol. The average Bonchev–Trinajstić information content (AvgIpc) is 2.42. The maximum atomic E-state index is 13.2. The molecule has 1 nitrogen and oxygen atoms in total. The van der Waals surface area contributed by atoms with Crippen molar-refractivity contribution >= 4 is 0 Å². The summed E-state index contributed by atoms with van der Waals surface area (Å²) in [6, 6.07) is 8.21. The van der Waals surface area contributed by atoms with Crippen LogP contribution in [0.15, 0.2) is 30.3 Å². The van der Waals surface area contributed by atoms with Crippen LogP contribution in [-0.2, 0) is 6.54 Å². The lowest BCUT2D eigenvalue weighted by Crippen LogP contribution is -2.19. The van der Waals surface area contributed by atoms with E-state index in [2.05, 4.69) is 11.4 Å². The van der Waals surface area contributed by atoms with E-state index in [1.54, 1.807) is 0 Å². The topological polar surface area (TPSA) is 12.0 Å². The summed E-state index contributed by atoms with van der Waals surface area (Å²) in [7, 11) is 0. The summed E-state index contributed by atoms with van der Waals surface area (Å²) in [6.07, 6.45) is 0. The van der Waals surface area contributed by atoms with Crippen molar-refractivity contribution in [3.63, 3.8) is 0 Å². The maximum absolute atomic E-state index is 13.2. The molecule has 0 fully saturated rings. The van der Waals surface area contributed by atoms with Gasteiger partial charge in [-0.1, -0.05) is 23.8 Å². The molecule has 1 unspecified atom stereocenters. The second kappa shape index (κ2) is 6.31. The highest BCUT2D eigenvalue weighted by molar-refractivity contribution is 5.32. The number of benzene rings is 2. The van der Waals surface area contributed by atoms with E-state index in [1.165, 1.54) is 5.56 Å². The Morgan fingerprint density at radius 1 is 1.00 bits per heavy atom. The number of nitrogens with one attached hydrogen (secondary N) is 1. The summed E-state index contributed by atoms with van der Waals surface area (Å²) in [5.41, 5.74) is 3.85. The van der Waals surface area contributed by atoms with Gasteiger partial charge in [-0.2, -0.15) is 0 Å². The van der Waals surface area contributed by atoms with Gasteiger partial charge in [-0.05, 0) is 49.6 Å². The fraction of sp³-hybridized carbons (Fsp3) is 0.294. The third-order valence-electron chi connectivity index (χ3n) is 3.55. The number of hydrogen-bond acceptors (Lipinski definition) is 1. The van der Waals surface area contributed by atoms with Gasteiger partial charge in [0.1, 0.15) is 0 Å². The molecule has 0 bridgehead atoms. The number of hydrogen-bond donors (Lipinski definition) is 1. The van der Waals surface area contributed by atoms with Crippen molar-refractivity contribution in [2.75, 3.05) is 0 Å². The molecule has 0 radical (unpaired) electrons. The third-order valence-corrected chi connectivity index (χ3v) is 3.55. The van der Waals surface area contributed by atoms with Crippen LogP contribution in [0.5, 0.6) is 0 Å². The molecule has 1 N–H and O–H groups in total. The molecule has 0 heterocycles. The Hall–Kier alpha value is -1.81. The van der Waals surface area contributed by atoms with Crippen LogP contribution in [0.1, 0.15) is 35.2 Å². The fourth-order valence-corrected chi connectivity index (χ4v) is 2.40. The van der Waals surface area contributed by atoms with Gasteiger partial charge in [0, 0.05) is 12.6 Å². The third kappa shape index (κ3) is 3.64. The second-order valence-electron chi connectivity index (χ2n) is 5.34. The van der Waals surface area contributed by atoms with E-state index in [1.807, 2.05) is 32.9 Å². The zero-order valence-electron chi connectivity index (χ0n) is 12.3. The molecule has 0 aromatic heterocycles. The Morgan fingerprint density at radius 2 is 1.62 bits per heavy atom. The van der Waals surface area contributed by atoms with Gasteiger partial charge in [-0.15, -0.1) is 0 Å².